The maximum absolute atomic E-state index is 11.8. The van der Waals surface area contributed by atoms with E-state index in [2.05, 4.69) is 15.4 Å². The first-order valence-corrected chi connectivity index (χ1v) is 8.55. The molecular formula is C14H21ClN2O5S. The molecule has 0 saturated heterocycles. The van der Waals surface area contributed by atoms with Crippen molar-refractivity contribution < 1.29 is 22.7 Å². The standard InChI is InChI=1S/C14H20N2O5S.ClH/c1-15-6-4-5-13(17)16-11-7-10(14(18)21-2)8-12(9-11)22(3,19)20;/h7-9,15H,4-6H2,1-3H3,(H,16,17);1H. The molecule has 0 unspecified atom stereocenters. The number of methoxy groups -OCH3 is 1. The van der Waals surface area contributed by atoms with Gasteiger partial charge >= 0.3 is 5.97 Å². The summed E-state index contributed by atoms with van der Waals surface area (Å²) in [5.74, 6) is -0.923. The molecule has 0 aliphatic heterocycles. The molecule has 2 N–H and O–H groups in total. The number of sulfone groups is 1. The predicted molar refractivity (Wildman–Crippen MR) is 89.9 cm³/mol. The van der Waals surface area contributed by atoms with Crippen molar-refractivity contribution in [1.29, 1.82) is 0 Å². The molecule has 1 amide bonds. The number of hydrogen-bond acceptors (Lipinski definition) is 6. The average Bonchev–Trinajstić information content (AvgIpc) is 2.45. The highest BCUT2D eigenvalue weighted by Crippen LogP contribution is 2.20. The van der Waals surface area contributed by atoms with E-state index in [9.17, 15) is 18.0 Å². The Morgan fingerprint density at radius 2 is 1.87 bits per heavy atom. The Morgan fingerprint density at radius 1 is 1.22 bits per heavy atom. The SMILES string of the molecule is CNCCCC(=O)Nc1cc(C(=O)OC)cc(S(C)(=O)=O)c1.Cl. The third-order valence-corrected chi connectivity index (χ3v) is 3.96. The molecule has 0 radical (unpaired) electrons. The molecule has 0 aliphatic carbocycles. The Bertz CT molecular complexity index is 661. The molecule has 0 spiro atoms. The van der Waals surface area contributed by atoms with E-state index in [1.807, 2.05) is 0 Å². The van der Waals surface area contributed by atoms with Gasteiger partial charge in [0.1, 0.15) is 0 Å². The zero-order valence-electron chi connectivity index (χ0n) is 13.2. The molecule has 0 aliphatic rings. The van der Waals surface area contributed by atoms with Crippen molar-refractivity contribution in [1.82, 2.24) is 5.32 Å². The number of benzene rings is 1. The molecule has 0 bridgehead atoms. The Kier molecular flexibility index (Phi) is 8.81. The smallest absolute Gasteiger partial charge is 0.337 e. The zero-order valence-corrected chi connectivity index (χ0v) is 14.8. The second kappa shape index (κ2) is 9.49. The van der Waals surface area contributed by atoms with Gasteiger partial charge in [-0.15, -0.1) is 12.4 Å². The highest BCUT2D eigenvalue weighted by Gasteiger charge is 2.15. The monoisotopic (exact) mass is 364 g/mol. The van der Waals surface area contributed by atoms with Crippen molar-refractivity contribution in [3.63, 3.8) is 0 Å². The minimum Gasteiger partial charge on any atom is -0.465 e. The van der Waals surface area contributed by atoms with Crippen LogP contribution in [0.15, 0.2) is 23.1 Å². The van der Waals surface area contributed by atoms with E-state index >= 15 is 0 Å². The second-order valence-corrected chi connectivity index (χ2v) is 6.78. The van der Waals surface area contributed by atoms with Gasteiger partial charge in [-0.3, -0.25) is 4.79 Å². The van der Waals surface area contributed by atoms with Crippen LogP contribution in [0, 0.1) is 0 Å². The summed E-state index contributed by atoms with van der Waals surface area (Å²) in [6.45, 7) is 0.699. The summed E-state index contributed by atoms with van der Waals surface area (Å²) in [7, 11) is -0.528. The van der Waals surface area contributed by atoms with Gasteiger partial charge in [0.05, 0.1) is 17.6 Å². The van der Waals surface area contributed by atoms with E-state index in [1.165, 1.54) is 25.3 Å². The van der Waals surface area contributed by atoms with Crippen LogP contribution in [-0.2, 0) is 19.4 Å². The van der Waals surface area contributed by atoms with Gasteiger partial charge in [0.15, 0.2) is 9.84 Å². The molecule has 1 aromatic carbocycles. The molecule has 130 valence electrons. The normalized spacial score (nSPS) is 10.6. The van der Waals surface area contributed by atoms with E-state index in [-0.39, 0.29) is 40.9 Å². The molecule has 7 nitrogen and oxygen atoms in total. The van der Waals surface area contributed by atoms with Crippen molar-refractivity contribution in [2.45, 2.75) is 17.7 Å². The van der Waals surface area contributed by atoms with Crippen LogP contribution < -0.4 is 10.6 Å². The lowest BCUT2D eigenvalue weighted by Gasteiger charge is -2.09. The van der Waals surface area contributed by atoms with Gasteiger partial charge in [-0.25, -0.2) is 13.2 Å². The number of anilines is 1. The van der Waals surface area contributed by atoms with Gasteiger partial charge in [-0.2, -0.15) is 0 Å². The summed E-state index contributed by atoms with van der Waals surface area (Å²) in [6.07, 6.45) is 1.97. The predicted octanol–water partition coefficient (Wildman–Crippen LogP) is 1.24. The van der Waals surface area contributed by atoms with Crippen molar-refractivity contribution in [2.75, 3.05) is 32.3 Å². The van der Waals surface area contributed by atoms with E-state index in [0.29, 0.717) is 13.0 Å². The Morgan fingerprint density at radius 3 is 2.39 bits per heavy atom. The summed E-state index contributed by atoms with van der Waals surface area (Å²) >= 11 is 0. The van der Waals surface area contributed by atoms with Crippen LogP contribution in [0.5, 0.6) is 0 Å². The van der Waals surface area contributed by atoms with E-state index in [1.54, 1.807) is 7.05 Å². The van der Waals surface area contributed by atoms with Gasteiger partial charge in [0.25, 0.3) is 0 Å². The minimum atomic E-state index is -3.52. The quantitative estimate of drug-likeness (QED) is 0.557. The fourth-order valence-corrected chi connectivity index (χ4v) is 2.45. The number of hydrogen-bond donors (Lipinski definition) is 2. The van der Waals surface area contributed by atoms with E-state index < -0.39 is 15.8 Å². The van der Waals surface area contributed by atoms with Crippen molar-refractivity contribution >= 4 is 39.8 Å². The number of halogens is 1. The van der Waals surface area contributed by atoms with E-state index in [0.717, 1.165) is 6.26 Å². The van der Waals surface area contributed by atoms with E-state index in [4.69, 9.17) is 0 Å². The van der Waals surface area contributed by atoms with Gasteiger partial charge in [0, 0.05) is 18.4 Å². The van der Waals surface area contributed by atoms with Crippen LogP contribution in [0.3, 0.4) is 0 Å². The van der Waals surface area contributed by atoms with Gasteiger partial charge in [-0.1, -0.05) is 0 Å². The van der Waals surface area contributed by atoms with Crippen molar-refractivity contribution in [2.24, 2.45) is 0 Å². The van der Waals surface area contributed by atoms with Crippen LogP contribution in [0.1, 0.15) is 23.2 Å². The summed E-state index contributed by atoms with van der Waals surface area (Å²) in [4.78, 5) is 23.3. The van der Waals surface area contributed by atoms with Crippen LogP contribution in [0.25, 0.3) is 0 Å². The van der Waals surface area contributed by atoms with Crippen molar-refractivity contribution in [3.05, 3.63) is 23.8 Å². The first kappa shape index (κ1) is 21.4. The number of nitrogens with one attached hydrogen (secondary N) is 2. The molecular weight excluding hydrogens is 344 g/mol. The zero-order chi connectivity index (χ0) is 16.8. The summed E-state index contributed by atoms with van der Waals surface area (Å²) in [6, 6.07) is 3.92. The Labute approximate surface area is 142 Å². The molecule has 1 rings (SSSR count). The first-order valence-electron chi connectivity index (χ1n) is 6.66. The minimum absolute atomic E-state index is 0. The van der Waals surface area contributed by atoms with Gasteiger partial charge in [-0.05, 0) is 38.2 Å². The molecule has 0 atom stereocenters. The summed E-state index contributed by atoms with van der Waals surface area (Å²) in [5, 5.41) is 5.52. The number of amides is 1. The fraction of sp³-hybridized carbons (Fsp3) is 0.429. The number of carbonyl (C=O) groups is 2. The molecule has 0 saturated carbocycles. The van der Waals surface area contributed by atoms with Gasteiger partial charge in [0.2, 0.25) is 5.91 Å². The summed E-state index contributed by atoms with van der Waals surface area (Å²) in [5.41, 5.74) is 0.314. The lowest BCUT2D eigenvalue weighted by Crippen LogP contribution is -2.16. The molecule has 9 heteroatoms. The maximum atomic E-state index is 11.8. The number of ether oxygens (including phenoxy) is 1. The highest BCUT2D eigenvalue weighted by molar-refractivity contribution is 7.90. The lowest BCUT2D eigenvalue weighted by molar-refractivity contribution is -0.116. The number of esters is 1. The van der Waals surface area contributed by atoms with Crippen LogP contribution in [0.4, 0.5) is 5.69 Å². The molecule has 0 aromatic heterocycles. The highest BCUT2D eigenvalue weighted by atomic mass is 35.5. The third-order valence-electron chi connectivity index (χ3n) is 2.87. The largest absolute Gasteiger partial charge is 0.465 e. The molecule has 1 aromatic rings. The molecule has 0 fully saturated rings. The third kappa shape index (κ3) is 6.98. The molecule has 23 heavy (non-hydrogen) atoms. The Balaban J connectivity index is 0.00000484. The van der Waals surface area contributed by atoms with Crippen LogP contribution >= 0.6 is 12.4 Å². The Hall–Kier alpha value is -1.64. The molecule has 0 heterocycles. The lowest BCUT2D eigenvalue weighted by atomic mass is 10.2. The van der Waals surface area contributed by atoms with Crippen LogP contribution in [-0.4, -0.2) is 47.3 Å². The first-order chi connectivity index (χ1) is 10.3. The number of carbonyl (C=O) groups excluding carboxylic acids is 2. The fourth-order valence-electron chi connectivity index (χ4n) is 1.77. The topological polar surface area (TPSA) is 102 Å². The summed E-state index contributed by atoms with van der Waals surface area (Å²) < 4.78 is 27.9. The maximum Gasteiger partial charge on any atom is 0.337 e. The van der Waals surface area contributed by atoms with Crippen molar-refractivity contribution in [3.8, 4) is 0 Å². The average molecular weight is 365 g/mol. The second-order valence-electron chi connectivity index (χ2n) is 4.77. The van der Waals surface area contributed by atoms with Crippen LogP contribution in [0.2, 0.25) is 0 Å². The van der Waals surface area contributed by atoms with Gasteiger partial charge < -0.3 is 15.4 Å². The number of rotatable bonds is 7.